The summed E-state index contributed by atoms with van der Waals surface area (Å²) < 4.78 is 5.47. The molecule has 1 aromatic rings. The van der Waals surface area contributed by atoms with Gasteiger partial charge in [0, 0.05) is 5.54 Å². The molecule has 0 radical (unpaired) electrons. The van der Waals surface area contributed by atoms with Crippen LogP contribution in [-0.2, 0) is 0 Å². The van der Waals surface area contributed by atoms with Crippen molar-refractivity contribution >= 4 is 11.5 Å². The zero-order valence-electron chi connectivity index (χ0n) is 11.0. The van der Waals surface area contributed by atoms with Crippen molar-refractivity contribution in [2.24, 2.45) is 0 Å². The molecule has 1 rings (SSSR count). The van der Waals surface area contributed by atoms with Gasteiger partial charge >= 0.3 is 0 Å². The maximum atomic E-state index is 10.7. The first-order chi connectivity index (χ1) is 8.22. The van der Waals surface area contributed by atoms with Gasteiger partial charge in [-0.25, -0.2) is 0 Å². The second-order valence-corrected chi connectivity index (χ2v) is 4.84. The Kier molecular flexibility index (Phi) is 4.07. The summed E-state index contributed by atoms with van der Waals surface area (Å²) in [7, 11) is 3.86. The van der Waals surface area contributed by atoms with Crippen LogP contribution in [0.25, 0.3) is 0 Å². The van der Waals surface area contributed by atoms with E-state index in [1.165, 1.54) is 12.1 Å². The number of hydrogen-bond donors (Lipinski definition) is 1. The number of aromatic nitrogens is 1. The predicted molar refractivity (Wildman–Crippen MR) is 68.6 cm³/mol. The van der Waals surface area contributed by atoms with E-state index >= 15 is 0 Å². The van der Waals surface area contributed by atoms with Gasteiger partial charge in [0.05, 0.1) is 17.1 Å². The zero-order chi connectivity index (χ0) is 13.9. The monoisotopic (exact) mass is 254 g/mol. The number of likely N-dealkylation sites (N-methyl/N-ethyl adjacent to an activating group) is 1. The van der Waals surface area contributed by atoms with Crippen LogP contribution in [0.5, 0.6) is 5.88 Å². The first-order valence-electron chi connectivity index (χ1n) is 5.44. The topological polar surface area (TPSA) is 94.5 Å². The molecule has 7 heteroatoms. The standard InChI is InChI=1S/C11H18N4O3/c1-11(2,14(3)4)7-18-10-6-8(15(16)17)5-9(12)13-10/h5-6H,7H2,1-4H3,(H2,12,13). The van der Waals surface area contributed by atoms with Gasteiger partial charge in [-0.05, 0) is 27.9 Å². The lowest BCUT2D eigenvalue weighted by Crippen LogP contribution is -2.43. The van der Waals surface area contributed by atoms with Crippen molar-refractivity contribution in [2.45, 2.75) is 19.4 Å². The van der Waals surface area contributed by atoms with E-state index in [1.54, 1.807) is 0 Å². The van der Waals surface area contributed by atoms with Gasteiger partial charge in [0.25, 0.3) is 5.69 Å². The van der Waals surface area contributed by atoms with Gasteiger partial charge in [0.1, 0.15) is 12.4 Å². The summed E-state index contributed by atoms with van der Waals surface area (Å²) in [5, 5.41) is 10.7. The molecule has 0 unspecified atom stereocenters. The van der Waals surface area contributed by atoms with E-state index in [4.69, 9.17) is 10.5 Å². The molecule has 100 valence electrons. The van der Waals surface area contributed by atoms with Crippen LogP contribution in [0.4, 0.5) is 11.5 Å². The third kappa shape index (κ3) is 3.56. The number of pyridine rings is 1. The first-order valence-corrected chi connectivity index (χ1v) is 5.44. The Balaban J connectivity index is 2.83. The van der Waals surface area contributed by atoms with Gasteiger partial charge in [0.2, 0.25) is 5.88 Å². The van der Waals surface area contributed by atoms with Crippen LogP contribution in [0.15, 0.2) is 12.1 Å². The van der Waals surface area contributed by atoms with Gasteiger partial charge in [-0.2, -0.15) is 4.98 Å². The molecule has 0 saturated heterocycles. The summed E-state index contributed by atoms with van der Waals surface area (Å²) in [6.45, 7) is 4.34. The Hall–Kier alpha value is -1.89. The third-order valence-electron chi connectivity index (χ3n) is 2.80. The van der Waals surface area contributed by atoms with Gasteiger partial charge in [-0.3, -0.25) is 10.1 Å². The molecule has 0 aliphatic heterocycles. The maximum absolute atomic E-state index is 10.7. The highest BCUT2D eigenvalue weighted by Gasteiger charge is 2.22. The predicted octanol–water partition coefficient (Wildman–Crippen LogP) is 1.29. The van der Waals surface area contributed by atoms with E-state index in [2.05, 4.69) is 4.98 Å². The Bertz CT molecular complexity index is 446. The highest BCUT2D eigenvalue weighted by molar-refractivity contribution is 5.45. The van der Waals surface area contributed by atoms with Crippen LogP contribution < -0.4 is 10.5 Å². The SMILES string of the molecule is CN(C)C(C)(C)COc1cc([N+](=O)[O-])cc(N)n1. The van der Waals surface area contributed by atoms with Gasteiger partial charge in [-0.15, -0.1) is 0 Å². The summed E-state index contributed by atoms with van der Waals surface area (Å²) in [4.78, 5) is 16.1. The van der Waals surface area contributed by atoms with Crippen molar-refractivity contribution in [3.05, 3.63) is 22.2 Å². The van der Waals surface area contributed by atoms with Crippen molar-refractivity contribution in [1.29, 1.82) is 0 Å². The molecule has 7 nitrogen and oxygen atoms in total. The molecule has 18 heavy (non-hydrogen) atoms. The number of nitrogens with two attached hydrogens (primary N) is 1. The number of rotatable bonds is 5. The van der Waals surface area contributed by atoms with E-state index in [9.17, 15) is 10.1 Å². The largest absolute Gasteiger partial charge is 0.475 e. The van der Waals surface area contributed by atoms with Crippen molar-refractivity contribution in [3.8, 4) is 5.88 Å². The molecule has 1 aromatic heterocycles. The Morgan fingerprint density at radius 1 is 1.50 bits per heavy atom. The third-order valence-corrected chi connectivity index (χ3v) is 2.80. The minimum Gasteiger partial charge on any atom is -0.475 e. The highest BCUT2D eigenvalue weighted by Crippen LogP contribution is 2.21. The molecular weight excluding hydrogens is 236 g/mol. The van der Waals surface area contributed by atoms with E-state index < -0.39 is 4.92 Å². The number of nitro groups is 1. The molecule has 0 aromatic carbocycles. The average Bonchev–Trinajstić information content (AvgIpc) is 2.25. The average molecular weight is 254 g/mol. The zero-order valence-corrected chi connectivity index (χ0v) is 11.0. The fourth-order valence-electron chi connectivity index (χ4n) is 1.07. The van der Waals surface area contributed by atoms with Crippen LogP contribution in [0.3, 0.4) is 0 Å². The molecule has 2 N–H and O–H groups in total. The minimum absolute atomic E-state index is 0.0712. The number of hydrogen-bond acceptors (Lipinski definition) is 6. The summed E-state index contributed by atoms with van der Waals surface area (Å²) in [6.07, 6.45) is 0. The molecular formula is C11H18N4O3. The van der Waals surface area contributed by atoms with Crippen molar-refractivity contribution in [1.82, 2.24) is 9.88 Å². The second kappa shape index (κ2) is 5.18. The van der Waals surface area contributed by atoms with E-state index in [-0.39, 0.29) is 22.9 Å². The molecule has 0 aliphatic rings. The van der Waals surface area contributed by atoms with Crippen LogP contribution in [0, 0.1) is 10.1 Å². The van der Waals surface area contributed by atoms with Crippen LogP contribution >= 0.6 is 0 Å². The Morgan fingerprint density at radius 2 is 2.11 bits per heavy atom. The Labute approximate surface area is 106 Å². The van der Waals surface area contributed by atoms with Crippen LogP contribution in [-0.4, -0.2) is 41.0 Å². The molecule has 0 atom stereocenters. The summed E-state index contributed by atoms with van der Waals surface area (Å²) in [5.41, 5.74) is 5.16. The van der Waals surface area contributed by atoms with Gasteiger partial charge in [-0.1, -0.05) is 0 Å². The molecule has 0 bridgehead atoms. The summed E-state index contributed by atoms with van der Waals surface area (Å²) in [6, 6.07) is 2.46. The molecule has 0 saturated carbocycles. The summed E-state index contributed by atoms with van der Waals surface area (Å²) in [5.74, 6) is 0.235. The normalized spacial score (nSPS) is 11.6. The highest BCUT2D eigenvalue weighted by atomic mass is 16.6. The van der Waals surface area contributed by atoms with Crippen molar-refractivity contribution in [3.63, 3.8) is 0 Å². The molecule has 0 fully saturated rings. The number of ether oxygens (including phenoxy) is 1. The first kappa shape index (κ1) is 14.2. The van der Waals surface area contributed by atoms with E-state index in [1.807, 2.05) is 32.8 Å². The molecule has 1 heterocycles. The van der Waals surface area contributed by atoms with Gasteiger partial charge in [0.15, 0.2) is 0 Å². The van der Waals surface area contributed by atoms with Crippen LogP contribution in [0.1, 0.15) is 13.8 Å². The molecule has 0 amide bonds. The minimum atomic E-state index is -0.526. The number of nitrogen functional groups attached to an aromatic ring is 1. The van der Waals surface area contributed by atoms with E-state index in [0.717, 1.165) is 0 Å². The maximum Gasteiger partial charge on any atom is 0.278 e. The van der Waals surface area contributed by atoms with Crippen LogP contribution in [0.2, 0.25) is 0 Å². The number of anilines is 1. The smallest absolute Gasteiger partial charge is 0.278 e. The van der Waals surface area contributed by atoms with E-state index in [0.29, 0.717) is 6.61 Å². The number of nitrogens with zero attached hydrogens (tertiary/aromatic N) is 3. The molecule has 0 spiro atoms. The van der Waals surface area contributed by atoms with Gasteiger partial charge < -0.3 is 15.4 Å². The Morgan fingerprint density at radius 3 is 2.61 bits per heavy atom. The fraction of sp³-hybridized carbons (Fsp3) is 0.545. The lowest BCUT2D eigenvalue weighted by molar-refractivity contribution is -0.384. The quantitative estimate of drug-likeness (QED) is 0.628. The van der Waals surface area contributed by atoms with Crippen molar-refractivity contribution in [2.75, 3.05) is 26.4 Å². The lowest BCUT2D eigenvalue weighted by Gasteiger charge is -2.31. The molecule has 0 aliphatic carbocycles. The lowest BCUT2D eigenvalue weighted by atomic mass is 10.1. The second-order valence-electron chi connectivity index (χ2n) is 4.84. The van der Waals surface area contributed by atoms with Crippen molar-refractivity contribution < 1.29 is 9.66 Å². The fourth-order valence-corrected chi connectivity index (χ4v) is 1.07. The summed E-state index contributed by atoms with van der Waals surface area (Å²) >= 11 is 0.